The summed E-state index contributed by atoms with van der Waals surface area (Å²) in [6.45, 7) is 5.26. The van der Waals surface area contributed by atoms with E-state index in [1.54, 1.807) is 0 Å². The first-order valence-electron chi connectivity index (χ1n) is 5.54. The topological polar surface area (TPSA) is 50.1 Å². The van der Waals surface area contributed by atoms with Gasteiger partial charge in [0.2, 0.25) is 0 Å². The van der Waals surface area contributed by atoms with Crippen LogP contribution in [0.1, 0.15) is 38.3 Å². The van der Waals surface area contributed by atoms with E-state index in [4.69, 9.17) is 5.11 Å². The van der Waals surface area contributed by atoms with Gasteiger partial charge in [-0.1, -0.05) is 0 Å². The van der Waals surface area contributed by atoms with Gasteiger partial charge >= 0.3 is 0 Å². The van der Waals surface area contributed by atoms with Crippen molar-refractivity contribution < 1.29 is 5.11 Å². The molecule has 0 atom stereocenters. The van der Waals surface area contributed by atoms with Gasteiger partial charge in [0.25, 0.3) is 0 Å². The van der Waals surface area contributed by atoms with Crippen molar-refractivity contribution in [1.82, 2.24) is 15.1 Å². The Kier molecular flexibility index (Phi) is 2.80. The number of aliphatic hydroxyl groups excluding tert-OH is 1. The van der Waals surface area contributed by atoms with E-state index in [0.717, 1.165) is 19.4 Å². The van der Waals surface area contributed by atoms with E-state index in [1.807, 2.05) is 10.9 Å². The fourth-order valence-corrected chi connectivity index (χ4v) is 1.58. The van der Waals surface area contributed by atoms with Crippen molar-refractivity contribution in [2.75, 3.05) is 6.61 Å². The van der Waals surface area contributed by atoms with Crippen molar-refractivity contribution in [3.63, 3.8) is 0 Å². The first-order valence-corrected chi connectivity index (χ1v) is 5.54. The van der Waals surface area contributed by atoms with Crippen LogP contribution in [0.15, 0.2) is 12.4 Å². The number of aliphatic hydroxyl groups is 1. The number of hydrogen-bond acceptors (Lipinski definition) is 3. The highest BCUT2D eigenvalue weighted by Crippen LogP contribution is 2.34. The second kappa shape index (κ2) is 3.94. The quantitative estimate of drug-likeness (QED) is 0.763. The summed E-state index contributed by atoms with van der Waals surface area (Å²) in [4.78, 5) is 0. The van der Waals surface area contributed by atoms with Crippen LogP contribution in [-0.4, -0.2) is 27.0 Å². The van der Waals surface area contributed by atoms with Gasteiger partial charge in [0.15, 0.2) is 0 Å². The van der Waals surface area contributed by atoms with Crippen molar-refractivity contribution in [2.24, 2.45) is 0 Å². The molecule has 0 unspecified atom stereocenters. The largest absolute Gasteiger partial charge is 0.394 e. The molecule has 1 fully saturated rings. The molecule has 0 bridgehead atoms. The van der Waals surface area contributed by atoms with Crippen LogP contribution in [0.3, 0.4) is 0 Å². The number of aromatic nitrogens is 2. The van der Waals surface area contributed by atoms with Gasteiger partial charge < -0.3 is 10.4 Å². The lowest BCUT2D eigenvalue weighted by atomic mass is 10.2. The standard InChI is InChI=1S/C11H19N3O/c1-9(2)14-7-10(6-13-14)5-12-11(8-15)3-4-11/h6-7,9,12,15H,3-5,8H2,1-2H3. The number of hydrogen-bond donors (Lipinski definition) is 2. The summed E-state index contributed by atoms with van der Waals surface area (Å²) in [6.07, 6.45) is 6.12. The molecule has 0 spiro atoms. The van der Waals surface area contributed by atoms with Gasteiger partial charge in [0.05, 0.1) is 12.8 Å². The van der Waals surface area contributed by atoms with Gasteiger partial charge in [-0.2, -0.15) is 5.10 Å². The maximum Gasteiger partial charge on any atom is 0.0613 e. The first kappa shape index (κ1) is 10.6. The molecule has 4 nitrogen and oxygen atoms in total. The highest BCUT2D eigenvalue weighted by Gasteiger charge is 2.41. The van der Waals surface area contributed by atoms with Crippen molar-refractivity contribution in [2.45, 2.75) is 44.8 Å². The van der Waals surface area contributed by atoms with Crippen molar-refractivity contribution in [1.29, 1.82) is 0 Å². The van der Waals surface area contributed by atoms with Crippen molar-refractivity contribution >= 4 is 0 Å². The van der Waals surface area contributed by atoms with Crippen LogP contribution in [0.5, 0.6) is 0 Å². The summed E-state index contributed by atoms with van der Waals surface area (Å²) in [7, 11) is 0. The van der Waals surface area contributed by atoms with Gasteiger partial charge in [-0.05, 0) is 26.7 Å². The lowest BCUT2D eigenvalue weighted by Crippen LogP contribution is -2.33. The molecule has 84 valence electrons. The highest BCUT2D eigenvalue weighted by molar-refractivity contribution is 5.08. The van der Waals surface area contributed by atoms with Gasteiger partial charge in [0, 0.05) is 29.9 Å². The Balaban J connectivity index is 1.88. The number of nitrogens with one attached hydrogen (secondary N) is 1. The minimum Gasteiger partial charge on any atom is -0.394 e. The maximum atomic E-state index is 9.14. The zero-order chi connectivity index (χ0) is 10.9. The second-order valence-electron chi connectivity index (χ2n) is 4.71. The third kappa shape index (κ3) is 2.38. The van der Waals surface area contributed by atoms with Crippen LogP contribution < -0.4 is 5.32 Å². The van der Waals surface area contributed by atoms with Crippen LogP contribution in [0.4, 0.5) is 0 Å². The van der Waals surface area contributed by atoms with Crippen LogP contribution in [0.2, 0.25) is 0 Å². The molecule has 15 heavy (non-hydrogen) atoms. The summed E-state index contributed by atoms with van der Waals surface area (Å²) in [5.74, 6) is 0. The fraction of sp³-hybridized carbons (Fsp3) is 0.727. The predicted molar refractivity (Wildman–Crippen MR) is 58.5 cm³/mol. The van der Waals surface area contributed by atoms with Gasteiger partial charge in [0.1, 0.15) is 0 Å². The van der Waals surface area contributed by atoms with E-state index in [9.17, 15) is 0 Å². The van der Waals surface area contributed by atoms with Crippen molar-refractivity contribution in [3.05, 3.63) is 18.0 Å². The lowest BCUT2D eigenvalue weighted by molar-refractivity contribution is 0.229. The Hall–Kier alpha value is -0.870. The van der Waals surface area contributed by atoms with Crippen LogP contribution in [0, 0.1) is 0 Å². The maximum absolute atomic E-state index is 9.14. The zero-order valence-corrected chi connectivity index (χ0v) is 9.40. The van der Waals surface area contributed by atoms with E-state index in [-0.39, 0.29) is 12.1 Å². The fourth-order valence-electron chi connectivity index (χ4n) is 1.58. The Morgan fingerprint density at radius 3 is 2.80 bits per heavy atom. The van der Waals surface area contributed by atoms with Gasteiger partial charge in [-0.3, -0.25) is 4.68 Å². The Labute approximate surface area is 90.3 Å². The molecule has 4 heteroatoms. The minimum absolute atomic E-state index is 0.0138. The van der Waals surface area contributed by atoms with Crippen LogP contribution in [-0.2, 0) is 6.54 Å². The number of nitrogens with zero attached hydrogens (tertiary/aromatic N) is 2. The molecule has 2 rings (SSSR count). The predicted octanol–water partition coefficient (Wildman–Crippen LogP) is 1.08. The summed E-state index contributed by atoms with van der Waals surface area (Å²) >= 11 is 0. The average molecular weight is 209 g/mol. The molecule has 1 aliphatic carbocycles. The van der Waals surface area contributed by atoms with Crippen LogP contribution in [0.25, 0.3) is 0 Å². The van der Waals surface area contributed by atoms with Crippen molar-refractivity contribution in [3.8, 4) is 0 Å². The average Bonchev–Trinajstić information content (AvgIpc) is 2.85. The monoisotopic (exact) mass is 209 g/mol. The van der Waals surface area contributed by atoms with E-state index in [0.29, 0.717) is 6.04 Å². The molecule has 0 aliphatic heterocycles. The third-order valence-corrected chi connectivity index (χ3v) is 3.01. The Bertz CT molecular complexity index is 328. The summed E-state index contributed by atoms with van der Waals surface area (Å²) in [6, 6.07) is 0.409. The SMILES string of the molecule is CC(C)n1cc(CNC2(CO)CC2)cn1. The molecule has 1 saturated carbocycles. The minimum atomic E-state index is 0.0138. The number of rotatable bonds is 5. The summed E-state index contributed by atoms with van der Waals surface area (Å²) in [5, 5.41) is 16.8. The highest BCUT2D eigenvalue weighted by atomic mass is 16.3. The smallest absolute Gasteiger partial charge is 0.0613 e. The Morgan fingerprint density at radius 1 is 1.60 bits per heavy atom. The molecule has 1 aromatic rings. The van der Waals surface area contributed by atoms with Gasteiger partial charge in [-0.25, -0.2) is 0 Å². The summed E-state index contributed by atoms with van der Waals surface area (Å²) < 4.78 is 1.95. The molecule has 2 N–H and O–H groups in total. The normalized spacial score (nSPS) is 18.4. The molecule has 1 aromatic heterocycles. The van der Waals surface area contributed by atoms with Crippen LogP contribution >= 0.6 is 0 Å². The second-order valence-corrected chi connectivity index (χ2v) is 4.71. The molecular weight excluding hydrogens is 190 g/mol. The van der Waals surface area contributed by atoms with E-state index >= 15 is 0 Å². The van der Waals surface area contributed by atoms with E-state index in [2.05, 4.69) is 30.5 Å². The Morgan fingerprint density at radius 2 is 2.33 bits per heavy atom. The van der Waals surface area contributed by atoms with E-state index < -0.39 is 0 Å². The molecular formula is C11H19N3O. The third-order valence-electron chi connectivity index (χ3n) is 3.01. The zero-order valence-electron chi connectivity index (χ0n) is 9.40. The molecule has 0 aromatic carbocycles. The molecule has 0 radical (unpaired) electrons. The summed E-state index contributed by atoms with van der Waals surface area (Å²) in [5.41, 5.74) is 1.20. The lowest BCUT2D eigenvalue weighted by Gasteiger charge is -2.12. The molecule has 1 heterocycles. The van der Waals surface area contributed by atoms with E-state index in [1.165, 1.54) is 5.56 Å². The molecule has 1 aliphatic rings. The molecule has 0 amide bonds. The molecule has 0 saturated heterocycles. The van der Waals surface area contributed by atoms with Gasteiger partial charge in [-0.15, -0.1) is 0 Å². The first-order chi connectivity index (χ1) is 7.15.